The third kappa shape index (κ3) is 4.30. The fourth-order valence-corrected chi connectivity index (χ4v) is 2.44. The molecule has 1 N–H and O–H groups in total. The second kappa shape index (κ2) is 7.39. The first-order valence-corrected chi connectivity index (χ1v) is 7.50. The Morgan fingerprint density at radius 3 is 3.00 bits per heavy atom. The van der Waals surface area contributed by atoms with Crippen molar-refractivity contribution >= 4 is 5.91 Å². The SMILES string of the molecule is Cc1cc(C(=O)NCCCC[C@@H]2CCCO2)cnc1C. The zero-order valence-electron chi connectivity index (χ0n) is 12.4. The summed E-state index contributed by atoms with van der Waals surface area (Å²) in [6, 6.07) is 1.89. The van der Waals surface area contributed by atoms with Crippen LogP contribution in [0, 0.1) is 13.8 Å². The normalized spacial score (nSPS) is 18.2. The average Bonchev–Trinajstić information content (AvgIpc) is 2.94. The molecule has 1 atom stereocenters. The van der Waals surface area contributed by atoms with Crippen LogP contribution in [-0.4, -0.2) is 30.1 Å². The van der Waals surface area contributed by atoms with Gasteiger partial charge in [0, 0.05) is 25.0 Å². The minimum atomic E-state index is -0.0299. The molecule has 0 aliphatic carbocycles. The van der Waals surface area contributed by atoms with Crippen molar-refractivity contribution in [2.24, 2.45) is 0 Å². The Balaban J connectivity index is 1.65. The van der Waals surface area contributed by atoms with E-state index in [-0.39, 0.29) is 5.91 Å². The molecule has 1 fully saturated rings. The first kappa shape index (κ1) is 15.0. The summed E-state index contributed by atoms with van der Waals surface area (Å²) in [6.07, 6.45) is 7.71. The number of carbonyl (C=O) groups is 1. The predicted molar refractivity (Wildman–Crippen MR) is 78.9 cm³/mol. The third-order valence-electron chi connectivity index (χ3n) is 3.86. The summed E-state index contributed by atoms with van der Waals surface area (Å²) in [4.78, 5) is 16.2. The molecule has 1 saturated heterocycles. The smallest absolute Gasteiger partial charge is 0.252 e. The first-order valence-electron chi connectivity index (χ1n) is 7.50. The Hall–Kier alpha value is -1.42. The number of carbonyl (C=O) groups excluding carboxylic acids is 1. The van der Waals surface area contributed by atoms with Crippen LogP contribution in [0.2, 0.25) is 0 Å². The van der Waals surface area contributed by atoms with Crippen molar-refractivity contribution in [2.45, 2.75) is 52.1 Å². The van der Waals surface area contributed by atoms with Gasteiger partial charge >= 0.3 is 0 Å². The Labute approximate surface area is 120 Å². The molecule has 1 aromatic heterocycles. The number of ether oxygens (including phenoxy) is 1. The van der Waals surface area contributed by atoms with Crippen molar-refractivity contribution in [3.8, 4) is 0 Å². The highest BCUT2D eigenvalue weighted by molar-refractivity contribution is 5.94. The molecule has 0 spiro atoms. The van der Waals surface area contributed by atoms with Crippen LogP contribution >= 0.6 is 0 Å². The van der Waals surface area contributed by atoms with Gasteiger partial charge < -0.3 is 10.1 Å². The van der Waals surface area contributed by atoms with Gasteiger partial charge in [0.25, 0.3) is 5.91 Å². The Kier molecular flexibility index (Phi) is 5.53. The van der Waals surface area contributed by atoms with Crippen molar-refractivity contribution in [3.05, 3.63) is 29.1 Å². The summed E-state index contributed by atoms with van der Waals surface area (Å²) in [5, 5.41) is 2.95. The van der Waals surface area contributed by atoms with Crippen LogP contribution in [0.4, 0.5) is 0 Å². The highest BCUT2D eigenvalue weighted by Gasteiger charge is 2.14. The monoisotopic (exact) mass is 276 g/mol. The quantitative estimate of drug-likeness (QED) is 0.813. The molecule has 0 radical (unpaired) electrons. The molecule has 4 nitrogen and oxygen atoms in total. The van der Waals surface area contributed by atoms with Crippen molar-refractivity contribution < 1.29 is 9.53 Å². The number of amides is 1. The lowest BCUT2D eigenvalue weighted by atomic mass is 10.1. The molecule has 0 aromatic carbocycles. The maximum absolute atomic E-state index is 12.0. The Bertz CT molecular complexity index is 454. The van der Waals surface area contributed by atoms with Crippen LogP contribution in [0.3, 0.4) is 0 Å². The lowest BCUT2D eigenvalue weighted by molar-refractivity contribution is 0.0946. The van der Waals surface area contributed by atoms with Crippen LogP contribution in [0.25, 0.3) is 0 Å². The lowest BCUT2D eigenvalue weighted by Gasteiger charge is -2.09. The summed E-state index contributed by atoms with van der Waals surface area (Å²) in [5.41, 5.74) is 2.67. The zero-order valence-corrected chi connectivity index (χ0v) is 12.4. The molecule has 20 heavy (non-hydrogen) atoms. The van der Waals surface area contributed by atoms with Gasteiger partial charge in [0.2, 0.25) is 0 Å². The Morgan fingerprint density at radius 1 is 1.45 bits per heavy atom. The molecule has 1 aliphatic heterocycles. The minimum absolute atomic E-state index is 0.0299. The highest BCUT2D eigenvalue weighted by atomic mass is 16.5. The minimum Gasteiger partial charge on any atom is -0.378 e. The van der Waals surface area contributed by atoms with Gasteiger partial charge in [-0.1, -0.05) is 0 Å². The van der Waals surface area contributed by atoms with Crippen LogP contribution in [0.5, 0.6) is 0 Å². The van der Waals surface area contributed by atoms with Crippen LogP contribution in [-0.2, 0) is 4.74 Å². The van der Waals surface area contributed by atoms with Crippen LogP contribution in [0.15, 0.2) is 12.3 Å². The number of hydrogen-bond donors (Lipinski definition) is 1. The van der Waals surface area contributed by atoms with Crippen molar-refractivity contribution in [1.82, 2.24) is 10.3 Å². The van der Waals surface area contributed by atoms with E-state index in [9.17, 15) is 4.79 Å². The number of aromatic nitrogens is 1. The fraction of sp³-hybridized carbons (Fsp3) is 0.625. The van der Waals surface area contributed by atoms with E-state index in [1.54, 1.807) is 6.20 Å². The van der Waals surface area contributed by atoms with Gasteiger partial charge in [0.15, 0.2) is 0 Å². The molecule has 4 heteroatoms. The first-order chi connectivity index (χ1) is 9.66. The van der Waals surface area contributed by atoms with E-state index < -0.39 is 0 Å². The summed E-state index contributed by atoms with van der Waals surface area (Å²) in [7, 11) is 0. The van der Waals surface area contributed by atoms with E-state index in [4.69, 9.17) is 4.74 Å². The maximum atomic E-state index is 12.0. The fourth-order valence-electron chi connectivity index (χ4n) is 2.44. The van der Waals surface area contributed by atoms with E-state index in [0.29, 0.717) is 11.7 Å². The van der Waals surface area contributed by atoms with E-state index in [1.807, 2.05) is 19.9 Å². The average molecular weight is 276 g/mol. The molecular weight excluding hydrogens is 252 g/mol. The van der Waals surface area contributed by atoms with Gasteiger partial charge in [0.1, 0.15) is 0 Å². The maximum Gasteiger partial charge on any atom is 0.252 e. The van der Waals surface area contributed by atoms with E-state index in [2.05, 4.69) is 10.3 Å². The topological polar surface area (TPSA) is 51.2 Å². The van der Waals surface area contributed by atoms with E-state index >= 15 is 0 Å². The molecule has 1 aromatic rings. The second-order valence-corrected chi connectivity index (χ2v) is 5.51. The molecular formula is C16H24N2O2. The van der Waals surface area contributed by atoms with Crippen molar-refractivity contribution in [2.75, 3.05) is 13.2 Å². The molecule has 2 rings (SSSR count). The largest absolute Gasteiger partial charge is 0.378 e. The highest BCUT2D eigenvalue weighted by Crippen LogP contribution is 2.17. The number of rotatable bonds is 6. The van der Waals surface area contributed by atoms with Gasteiger partial charge in [-0.2, -0.15) is 0 Å². The molecule has 0 unspecified atom stereocenters. The molecule has 1 amide bonds. The Morgan fingerprint density at radius 2 is 2.30 bits per heavy atom. The zero-order chi connectivity index (χ0) is 14.4. The van der Waals surface area contributed by atoms with Gasteiger partial charge in [-0.25, -0.2) is 0 Å². The second-order valence-electron chi connectivity index (χ2n) is 5.51. The van der Waals surface area contributed by atoms with Gasteiger partial charge in [0.05, 0.1) is 11.7 Å². The number of hydrogen-bond acceptors (Lipinski definition) is 3. The van der Waals surface area contributed by atoms with Crippen molar-refractivity contribution in [1.29, 1.82) is 0 Å². The number of aryl methyl sites for hydroxylation is 2. The molecule has 0 saturated carbocycles. The van der Waals surface area contributed by atoms with Crippen LogP contribution < -0.4 is 5.32 Å². The van der Waals surface area contributed by atoms with Crippen molar-refractivity contribution in [3.63, 3.8) is 0 Å². The molecule has 110 valence electrons. The van der Waals surface area contributed by atoms with E-state index in [0.717, 1.165) is 43.7 Å². The number of nitrogens with zero attached hydrogens (tertiary/aromatic N) is 1. The molecule has 2 heterocycles. The summed E-state index contributed by atoms with van der Waals surface area (Å²) >= 11 is 0. The lowest BCUT2D eigenvalue weighted by Crippen LogP contribution is -2.25. The summed E-state index contributed by atoms with van der Waals surface area (Å²) < 4.78 is 5.58. The van der Waals surface area contributed by atoms with E-state index in [1.165, 1.54) is 12.8 Å². The van der Waals surface area contributed by atoms with Gasteiger partial charge in [-0.05, 0) is 57.6 Å². The summed E-state index contributed by atoms with van der Waals surface area (Å²) in [6.45, 7) is 5.56. The molecule has 1 aliphatic rings. The number of pyridine rings is 1. The van der Waals surface area contributed by atoms with Gasteiger partial charge in [-0.15, -0.1) is 0 Å². The predicted octanol–water partition coefficient (Wildman–Crippen LogP) is 2.78. The van der Waals surface area contributed by atoms with Gasteiger partial charge in [-0.3, -0.25) is 9.78 Å². The number of nitrogens with one attached hydrogen (secondary N) is 1. The van der Waals surface area contributed by atoms with Crippen LogP contribution in [0.1, 0.15) is 53.7 Å². The third-order valence-corrected chi connectivity index (χ3v) is 3.86. The molecule has 0 bridgehead atoms. The standard InChI is InChI=1S/C16H24N2O2/c1-12-10-14(11-18-13(12)2)16(19)17-8-4-3-6-15-7-5-9-20-15/h10-11,15H,3-9H2,1-2H3,(H,17,19)/t15-/m1/s1. The number of unbranched alkanes of at least 4 members (excludes halogenated alkanes) is 1. The summed E-state index contributed by atoms with van der Waals surface area (Å²) in [5.74, 6) is -0.0299.